The van der Waals surface area contributed by atoms with Crippen molar-refractivity contribution in [3.63, 3.8) is 0 Å². The van der Waals surface area contributed by atoms with Crippen molar-refractivity contribution in [1.82, 2.24) is 10.4 Å². The number of carbonyl (C=O) groups is 1. The second-order valence-electron chi connectivity index (χ2n) is 4.08. The Labute approximate surface area is 115 Å². The minimum atomic E-state index is -0.338. The molecule has 0 aliphatic carbocycles. The fourth-order valence-electron chi connectivity index (χ4n) is 1.57. The van der Waals surface area contributed by atoms with Crippen LogP contribution in [0.15, 0.2) is 24.4 Å². The molecule has 1 aromatic heterocycles. The maximum Gasteiger partial charge on any atom is 0.276 e. The van der Waals surface area contributed by atoms with E-state index in [0.29, 0.717) is 11.5 Å². The Morgan fingerprint density at radius 1 is 1.47 bits per heavy atom. The first-order chi connectivity index (χ1) is 9.11. The largest absolute Gasteiger partial charge is 0.486 e. The van der Waals surface area contributed by atoms with Crippen LogP contribution in [0, 0.1) is 13.8 Å². The predicted molar refractivity (Wildman–Crippen MR) is 74.0 cm³/mol. The van der Waals surface area contributed by atoms with Crippen molar-refractivity contribution in [2.75, 3.05) is 0 Å². The van der Waals surface area contributed by atoms with Crippen LogP contribution in [0.4, 0.5) is 0 Å². The summed E-state index contributed by atoms with van der Waals surface area (Å²) in [5, 5.41) is 0.736. The summed E-state index contributed by atoms with van der Waals surface area (Å²) in [6.07, 6.45) is 1.49. The normalized spacial score (nSPS) is 10.3. The number of nitrogens with one attached hydrogen (secondary N) is 1. The molecule has 0 saturated carbocycles. The van der Waals surface area contributed by atoms with E-state index in [1.165, 1.54) is 23.1 Å². The van der Waals surface area contributed by atoms with Crippen molar-refractivity contribution in [3.8, 4) is 5.75 Å². The van der Waals surface area contributed by atoms with Gasteiger partial charge in [0.25, 0.3) is 5.91 Å². The van der Waals surface area contributed by atoms with Gasteiger partial charge in [0.2, 0.25) is 0 Å². The Hall–Kier alpha value is -1.92. The van der Waals surface area contributed by atoms with Crippen molar-refractivity contribution in [3.05, 3.63) is 45.4 Å². The number of benzene rings is 1. The third kappa shape index (κ3) is 3.10. The van der Waals surface area contributed by atoms with Crippen molar-refractivity contribution in [2.45, 2.75) is 20.5 Å². The number of nitrogens with zero attached hydrogens (tertiary/aromatic N) is 1. The molecule has 1 heterocycles. The molecule has 19 heavy (non-hydrogen) atoms. The number of rotatable bonds is 4. The van der Waals surface area contributed by atoms with E-state index < -0.39 is 0 Å². The van der Waals surface area contributed by atoms with Gasteiger partial charge in [0.05, 0.1) is 6.20 Å². The van der Waals surface area contributed by atoms with E-state index >= 15 is 0 Å². The van der Waals surface area contributed by atoms with Crippen molar-refractivity contribution in [2.24, 2.45) is 5.84 Å². The molecule has 1 aromatic carbocycles. The molecule has 3 N–H and O–H groups in total. The minimum Gasteiger partial charge on any atom is -0.486 e. The fraction of sp³-hybridized carbons (Fsp3) is 0.231. The standard InChI is InChI=1S/C13H15N3O2S/c1-8-4-3-5-10(9(8)2)18-7-12-15-6-11(19-12)13(17)16-14/h3-6H,7,14H2,1-2H3,(H,16,17). The van der Waals surface area contributed by atoms with Crippen LogP contribution in [0.2, 0.25) is 0 Å². The second kappa shape index (κ2) is 5.81. The van der Waals surface area contributed by atoms with Gasteiger partial charge in [-0.15, -0.1) is 11.3 Å². The summed E-state index contributed by atoms with van der Waals surface area (Å²) in [5.41, 5.74) is 4.37. The smallest absolute Gasteiger partial charge is 0.276 e. The molecule has 0 aliphatic rings. The number of nitrogens with two attached hydrogens (primary N) is 1. The number of carbonyl (C=O) groups excluding carboxylic acids is 1. The van der Waals surface area contributed by atoms with E-state index in [4.69, 9.17) is 10.6 Å². The third-order valence-corrected chi connectivity index (χ3v) is 3.78. The summed E-state index contributed by atoms with van der Waals surface area (Å²) in [4.78, 5) is 15.9. The van der Waals surface area contributed by atoms with Crippen molar-refractivity contribution >= 4 is 17.2 Å². The molecule has 0 saturated heterocycles. The van der Waals surface area contributed by atoms with Gasteiger partial charge >= 0.3 is 0 Å². The van der Waals surface area contributed by atoms with Gasteiger partial charge < -0.3 is 4.74 Å². The van der Waals surface area contributed by atoms with Crippen LogP contribution >= 0.6 is 11.3 Å². The molecule has 2 rings (SSSR count). The molecule has 2 aromatic rings. The first-order valence-corrected chi connectivity index (χ1v) is 6.58. The Bertz CT molecular complexity index is 595. The van der Waals surface area contributed by atoms with E-state index in [1.54, 1.807) is 0 Å². The molecule has 0 spiro atoms. The van der Waals surface area contributed by atoms with Gasteiger partial charge in [-0.25, -0.2) is 10.8 Å². The lowest BCUT2D eigenvalue weighted by molar-refractivity contribution is 0.0957. The number of hydrogen-bond acceptors (Lipinski definition) is 5. The van der Waals surface area contributed by atoms with Gasteiger partial charge in [0, 0.05) is 0 Å². The van der Waals surface area contributed by atoms with E-state index in [0.717, 1.165) is 16.3 Å². The van der Waals surface area contributed by atoms with Gasteiger partial charge in [0.1, 0.15) is 22.2 Å². The SMILES string of the molecule is Cc1cccc(OCc2ncc(C(=O)NN)s2)c1C. The topological polar surface area (TPSA) is 77.2 Å². The molecule has 0 unspecified atom stereocenters. The number of nitrogen functional groups attached to an aromatic ring is 1. The van der Waals surface area contributed by atoms with Crippen LogP contribution in [0.25, 0.3) is 0 Å². The second-order valence-corrected chi connectivity index (χ2v) is 5.19. The van der Waals surface area contributed by atoms with Crippen LogP contribution in [0.5, 0.6) is 5.75 Å². The average molecular weight is 277 g/mol. The molecular weight excluding hydrogens is 262 g/mol. The maximum absolute atomic E-state index is 11.3. The zero-order valence-corrected chi connectivity index (χ0v) is 11.6. The molecule has 1 amide bonds. The Kier molecular flexibility index (Phi) is 4.13. The summed E-state index contributed by atoms with van der Waals surface area (Å²) in [5.74, 6) is 5.56. The van der Waals surface area contributed by atoms with E-state index in [2.05, 4.69) is 10.4 Å². The highest BCUT2D eigenvalue weighted by Crippen LogP contribution is 2.22. The fourth-order valence-corrected chi connectivity index (χ4v) is 2.31. The summed E-state index contributed by atoms with van der Waals surface area (Å²) < 4.78 is 5.72. The molecule has 100 valence electrons. The first-order valence-electron chi connectivity index (χ1n) is 5.76. The lowest BCUT2D eigenvalue weighted by Crippen LogP contribution is -2.29. The van der Waals surface area contributed by atoms with E-state index in [9.17, 15) is 4.79 Å². The van der Waals surface area contributed by atoms with Gasteiger partial charge in [-0.05, 0) is 31.0 Å². The maximum atomic E-state index is 11.3. The molecule has 0 fully saturated rings. The predicted octanol–water partition coefficient (Wildman–Crippen LogP) is 1.94. The highest BCUT2D eigenvalue weighted by Gasteiger charge is 2.10. The number of ether oxygens (including phenoxy) is 1. The van der Waals surface area contributed by atoms with E-state index in [-0.39, 0.29) is 5.91 Å². The van der Waals surface area contributed by atoms with Crippen molar-refractivity contribution in [1.29, 1.82) is 0 Å². The third-order valence-electron chi connectivity index (χ3n) is 2.81. The molecule has 0 aliphatic heterocycles. The lowest BCUT2D eigenvalue weighted by Gasteiger charge is -2.09. The quantitative estimate of drug-likeness (QED) is 0.508. The van der Waals surface area contributed by atoms with Gasteiger partial charge in [0.15, 0.2) is 0 Å². The number of thiazole rings is 1. The molecule has 6 heteroatoms. The van der Waals surface area contributed by atoms with E-state index in [1.807, 2.05) is 32.0 Å². The minimum absolute atomic E-state index is 0.338. The monoisotopic (exact) mass is 277 g/mol. The number of aryl methyl sites for hydroxylation is 1. The summed E-state index contributed by atoms with van der Waals surface area (Å²) in [6, 6.07) is 5.91. The summed E-state index contributed by atoms with van der Waals surface area (Å²) in [7, 11) is 0. The average Bonchev–Trinajstić information content (AvgIpc) is 2.88. The van der Waals surface area contributed by atoms with Crippen LogP contribution < -0.4 is 16.0 Å². The molecular formula is C13H15N3O2S. The van der Waals surface area contributed by atoms with Crippen LogP contribution in [0.3, 0.4) is 0 Å². The van der Waals surface area contributed by atoms with Crippen molar-refractivity contribution < 1.29 is 9.53 Å². The van der Waals surface area contributed by atoms with Crippen LogP contribution in [0.1, 0.15) is 25.8 Å². The molecule has 0 radical (unpaired) electrons. The Morgan fingerprint density at radius 2 is 2.26 bits per heavy atom. The Balaban J connectivity index is 2.04. The summed E-state index contributed by atoms with van der Waals surface area (Å²) >= 11 is 1.27. The number of aromatic nitrogens is 1. The van der Waals surface area contributed by atoms with Crippen LogP contribution in [-0.4, -0.2) is 10.9 Å². The zero-order valence-electron chi connectivity index (χ0n) is 10.8. The van der Waals surface area contributed by atoms with Crippen LogP contribution in [-0.2, 0) is 6.61 Å². The summed E-state index contributed by atoms with van der Waals surface area (Å²) in [6.45, 7) is 4.39. The highest BCUT2D eigenvalue weighted by molar-refractivity contribution is 7.13. The highest BCUT2D eigenvalue weighted by atomic mass is 32.1. The zero-order chi connectivity index (χ0) is 13.8. The van der Waals surface area contributed by atoms with Gasteiger partial charge in [-0.3, -0.25) is 10.2 Å². The first kappa shape index (κ1) is 13.5. The molecule has 0 atom stereocenters. The number of amides is 1. The lowest BCUT2D eigenvalue weighted by atomic mass is 10.1. The number of hydrogen-bond donors (Lipinski definition) is 2. The number of hydrazine groups is 1. The van der Waals surface area contributed by atoms with Gasteiger partial charge in [-0.2, -0.15) is 0 Å². The van der Waals surface area contributed by atoms with Gasteiger partial charge in [-0.1, -0.05) is 12.1 Å². The Morgan fingerprint density at radius 3 is 3.00 bits per heavy atom. The molecule has 5 nitrogen and oxygen atoms in total. The molecule has 0 bridgehead atoms.